The van der Waals surface area contributed by atoms with Crippen molar-refractivity contribution in [2.24, 2.45) is 0 Å². The zero-order chi connectivity index (χ0) is 14.7. The number of ether oxygens (including phenoxy) is 1. The molecule has 2 heterocycles. The highest BCUT2D eigenvalue weighted by Crippen LogP contribution is 2.38. The summed E-state index contributed by atoms with van der Waals surface area (Å²) in [7, 11) is 3.54. The fraction of sp³-hybridized carbons (Fsp3) is 0.125. The van der Waals surface area contributed by atoms with E-state index in [9.17, 15) is 0 Å². The Balaban J connectivity index is 2.10. The first-order valence-corrected chi connectivity index (χ1v) is 7.38. The van der Waals surface area contributed by atoms with Gasteiger partial charge in [0.15, 0.2) is 5.13 Å². The molecule has 0 atom stereocenters. The lowest BCUT2D eigenvalue weighted by Crippen LogP contribution is -1.87. The Morgan fingerprint density at radius 2 is 1.90 bits per heavy atom. The number of pyridine rings is 1. The van der Waals surface area contributed by atoms with Crippen LogP contribution in [0.15, 0.2) is 48.7 Å². The summed E-state index contributed by atoms with van der Waals surface area (Å²) in [6, 6.07) is 13.8. The standard InChI is InChI=1S/C16H15N3OS/c1-17-16-19-14(11-6-8-12(20-2)9-7-11)15(21-16)13-5-3-4-10-18-13/h3-10H,1-2H3,(H,17,19). The molecule has 0 amide bonds. The summed E-state index contributed by atoms with van der Waals surface area (Å²) in [6.07, 6.45) is 1.80. The summed E-state index contributed by atoms with van der Waals surface area (Å²) < 4.78 is 5.20. The van der Waals surface area contributed by atoms with Gasteiger partial charge < -0.3 is 10.1 Å². The van der Waals surface area contributed by atoms with Gasteiger partial charge in [-0.15, -0.1) is 0 Å². The quantitative estimate of drug-likeness (QED) is 0.793. The summed E-state index contributed by atoms with van der Waals surface area (Å²) in [5.74, 6) is 0.835. The Kier molecular flexibility index (Phi) is 3.83. The minimum absolute atomic E-state index is 0.835. The van der Waals surface area contributed by atoms with Crippen LogP contribution in [-0.4, -0.2) is 24.1 Å². The van der Waals surface area contributed by atoms with Crippen LogP contribution in [0.5, 0.6) is 5.75 Å². The minimum atomic E-state index is 0.835. The molecule has 1 N–H and O–H groups in total. The molecule has 0 saturated heterocycles. The molecule has 0 aliphatic carbocycles. The maximum atomic E-state index is 5.20. The lowest BCUT2D eigenvalue weighted by atomic mass is 10.1. The Morgan fingerprint density at radius 3 is 2.52 bits per heavy atom. The number of nitrogens with one attached hydrogen (secondary N) is 1. The molecule has 3 aromatic rings. The number of aromatic nitrogens is 2. The second kappa shape index (κ2) is 5.93. The Bertz CT molecular complexity index is 723. The van der Waals surface area contributed by atoms with Crippen LogP contribution < -0.4 is 10.1 Å². The van der Waals surface area contributed by atoms with Gasteiger partial charge in [-0.25, -0.2) is 4.98 Å². The van der Waals surface area contributed by atoms with Gasteiger partial charge in [0.1, 0.15) is 5.75 Å². The molecule has 5 heteroatoms. The molecular weight excluding hydrogens is 282 g/mol. The van der Waals surface area contributed by atoms with Crippen molar-refractivity contribution in [1.82, 2.24) is 9.97 Å². The largest absolute Gasteiger partial charge is 0.497 e. The Labute approximate surface area is 127 Å². The maximum absolute atomic E-state index is 5.20. The van der Waals surface area contributed by atoms with Crippen LogP contribution in [0.1, 0.15) is 0 Å². The van der Waals surface area contributed by atoms with Gasteiger partial charge in [-0.3, -0.25) is 4.98 Å². The molecule has 0 saturated carbocycles. The van der Waals surface area contributed by atoms with Crippen LogP contribution in [0.3, 0.4) is 0 Å². The van der Waals surface area contributed by atoms with Crippen molar-refractivity contribution in [2.45, 2.75) is 0 Å². The highest BCUT2D eigenvalue weighted by Gasteiger charge is 2.15. The third-order valence-corrected chi connectivity index (χ3v) is 4.20. The average Bonchev–Trinajstić information content (AvgIpc) is 3.00. The molecule has 0 radical (unpaired) electrons. The molecule has 3 rings (SSSR count). The normalized spacial score (nSPS) is 10.4. The van der Waals surface area contributed by atoms with Crippen LogP contribution in [0.2, 0.25) is 0 Å². The van der Waals surface area contributed by atoms with Gasteiger partial charge in [-0.2, -0.15) is 0 Å². The first-order valence-electron chi connectivity index (χ1n) is 6.56. The third-order valence-electron chi connectivity index (χ3n) is 3.10. The number of anilines is 1. The maximum Gasteiger partial charge on any atom is 0.183 e. The highest BCUT2D eigenvalue weighted by molar-refractivity contribution is 7.19. The van der Waals surface area contributed by atoms with Crippen molar-refractivity contribution >= 4 is 16.5 Å². The van der Waals surface area contributed by atoms with E-state index in [1.807, 2.05) is 49.5 Å². The third kappa shape index (κ3) is 2.73. The van der Waals surface area contributed by atoms with E-state index in [4.69, 9.17) is 4.74 Å². The van der Waals surface area contributed by atoms with Crippen LogP contribution >= 0.6 is 11.3 Å². The van der Waals surface area contributed by atoms with Gasteiger partial charge in [-0.1, -0.05) is 17.4 Å². The fourth-order valence-corrected chi connectivity index (χ4v) is 2.96. The van der Waals surface area contributed by atoms with Crippen LogP contribution in [0, 0.1) is 0 Å². The van der Waals surface area contributed by atoms with Crippen molar-refractivity contribution in [3.05, 3.63) is 48.7 Å². The first kappa shape index (κ1) is 13.6. The molecule has 0 fully saturated rings. The van der Waals surface area contributed by atoms with Gasteiger partial charge in [0, 0.05) is 18.8 Å². The highest BCUT2D eigenvalue weighted by atomic mass is 32.1. The second-order valence-corrected chi connectivity index (χ2v) is 5.39. The topological polar surface area (TPSA) is 47.0 Å². The van der Waals surface area contributed by atoms with E-state index in [2.05, 4.69) is 15.3 Å². The zero-order valence-electron chi connectivity index (χ0n) is 11.8. The number of hydrogen-bond acceptors (Lipinski definition) is 5. The van der Waals surface area contributed by atoms with Crippen molar-refractivity contribution in [2.75, 3.05) is 19.5 Å². The van der Waals surface area contributed by atoms with E-state index < -0.39 is 0 Å². The van der Waals surface area contributed by atoms with Gasteiger partial charge in [0.2, 0.25) is 0 Å². The lowest BCUT2D eigenvalue weighted by Gasteiger charge is -2.03. The van der Waals surface area contributed by atoms with E-state index in [1.54, 1.807) is 24.6 Å². The fourth-order valence-electron chi connectivity index (χ4n) is 2.04. The molecule has 106 valence electrons. The number of methoxy groups -OCH3 is 1. The van der Waals surface area contributed by atoms with Crippen molar-refractivity contribution in [3.8, 4) is 27.6 Å². The van der Waals surface area contributed by atoms with Crippen molar-refractivity contribution in [1.29, 1.82) is 0 Å². The van der Waals surface area contributed by atoms with E-state index >= 15 is 0 Å². The van der Waals surface area contributed by atoms with Crippen LogP contribution in [0.4, 0.5) is 5.13 Å². The molecule has 0 aliphatic heterocycles. The van der Waals surface area contributed by atoms with Gasteiger partial charge in [0.25, 0.3) is 0 Å². The van der Waals surface area contributed by atoms with Gasteiger partial charge in [0.05, 0.1) is 23.4 Å². The molecule has 0 aliphatic rings. The van der Waals surface area contributed by atoms with E-state index in [0.717, 1.165) is 32.7 Å². The lowest BCUT2D eigenvalue weighted by molar-refractivity contribution is 0.415. The summed E-state index contributed by atoms with van der Waals surface area (Å²) in [5.41, 5.74) is 2.92. The number of rotatable bonds is 4. The minimum Gasteiger partial charge on any atom is -0.497 e. The molecule has 0 bridgehead atoms. The zero-order valence-corrected chi connectivity index (χ0v) is 12.6. The van der Waals surface area contributed by atoms with E-state index in [0.29, 0.717) is 0 Å². The van der Waals surface area contributed by atoms with E-state index in [-0.39, 0.29) is 0 Å². The van der Waals surface area contributed by atoms with Gasteiger partial charge >= 0.3 is 0 Å². The predicted octanol–water partition coefficient (Wildman–Crippen LogP) is 3.92. The summed E-state index contributed by atoms with van der Waals surface area (Å²) in [6.45, 7) is 0. The summed E-state index contributed by atoms with van der Waals surface area (Å²) in [4.78, 5) is 10.2. The molecule has 4 nitrogen and oxygen atoms in total. The number of thiazole rings is 1. The second-order valence-electron chi connectivity index (χ2n) is 4.39. The van der Waals surface area contributed by atoms with Crippen molar-refractivity contribution in [3.63, 3.8) is 0 Å². The average molecular weight is 297 g/mol. The molecule has 21 heavy (non-hydrogen) atoms. The predicted molar refractivity (Wildman–Crippen MR) is 86.9 cm³/mol. The SMILES string of the molecule is CNc1nc(-c2ccc(OC)cc2)c(-c2ccccn2)s1. The van der Waals surface area contributed by atoms with Gasteiger partial charge in [-0.05, 0) is 36.4 Å². The monoisotopic (exact) mass is 297 g/mol. The number of hydrogen-bond donors (Lipinski definition) is 1. The molecule has 0 spiro atoms. The van der Waals surface area contributed by atoms with Crippen LogP contribution in [0.25, 0.3) is 21.8 Å². The smallest absolute Gasteiger partial charge is 0.183 e. The molecular formula is C16H15N3OS. The van der Waals surface area contributed by atoms with Crippen LogP contribution in [-0.2, 0) is 0 Å². The summed E-state index contributed by atoms with van der Waals surface area (Å²) in [5, 5.41) is 3.98. The van der Waals surface area contributed by atoms with Crippen molar-refractivity contribution < 1.29 is 4.74 Å². The summed E-state index contributed by atoms with van der Waals surface area (Å²) >= 11 is 1.60. The molecule has 0 unspecified atom stereocenters. The van der Waals surface area contributed by atoms with E-state index in [1.165, 1.54) is 0 Å². The Hall–Kier alpha value is -2.40. The molecule has 1 aromatic carbocycles. The number of benzene rings is 1. The molecule has 2 aromatic heterocycles. The Morgan fingerprint density at radius 1 is 1.10 bits per heavy atom. The first-order chi connectivity index (χ1) is 10.3. The number of nitrogens with zero attached hydrogens (tertiary/aromatic N) is 2.